The van der Waals surface area contributed by atoms with Crippen molar-refractivity contribution in [3.8, 4) is 11.5 Å². The molecule has 0 aromatic heterocycles. The van der Waals surface area contributed by atoms with E-state index in [0.717, 1.165) is 18.9 Å². The van der Waals surface area contributed by atoms with Gasteiger partial charge >= 0.3 is 0 Å². The zero-order valence-corrected chi connectivity index (χ0v) is 9.69. The van der Waals surface area contributed by atoms with Crippen LogP contribution >= 0.6 is 0 Å². The average molecular weight is 220 g/mol. The molecular weight excluding hydrogens is 200 g/mol. The lowest BCUT2D eigenvalue weighted by atomic mass is 9.87. The zero-order chi connectivity index (χ0) is 11.2. The van der Waals surface area contributed by atoms with E-state index in [2.05, 4.69) is 0 Å². The van der Waals surface area contributed by atoms with Crippen LogP contribution in [0.25, 0.3) is 0 Å². The van der Waals surface area contributed by atoms with E-state index in [4.69, 9.17) is 4.74 Å². The summed E-state index contributed by atoms with van der Waals surface area (Å²) in [6.07, 6.45) is 7.97. The van der Waals surface area contributed by atoms with E-state index in [-0.39, 0.29) is 5.75 Å². The molecule has 1 aliphatic carbocycles. The summed E-state index contributed by atoms with van der Waals surface area (Å²) < 4.78 is 5.59. The third-order valence-electron chi connectivity index (χ3n) is 3.37. The first-order valence-corrected chi connectivity index (χ1v) is 6.27. The van der Waals surface area contributed by atoms with E-state index < -0.39 is 0 Å². The average Bonchev–Trinajstić information content (AvgIpc) is 2.33. The van der Waals surface area contributed by atoms with Gasteiger partial charge in [0.2, 0.25) is 0 Å². The molecule has 0 saturated heterocycles. The summed E-state index contributed by atoms with van der Waals surface area (Å²) in [5, 5.41) is 9.52. The molecule has 0 spiro atoms. The predicted octanol–water partition coefficient (Wildman–Crippen LogP) is 3.74. The van der Waals surface area contributed by atoms with Crippen LogP contribution in [0, 0.1) is 5.92 Å². The summed E-state index contributed by atoms with van der Waals surface area (Å²) in [6, 6.07) is 7.17. The number of ether oxygens (including phenoxy) is 1. The first-order valence-electron chi connectivity index (χ1n) is 6.27. The summed E-state index contributed by atoms with van der Waals surface area (Å²) in [5.74, 6) is 1.68. The molecule has 0 unspecified atom stereocenters. The van der Waals surface area contributed by atoms with E-state index in [1.165, 1.54) is 32.1 Å². The number of phenols is 1. The molecule has 0 radical (unpaired) electrons. The highest BCUT2D eigenvalue weighted by atomic mass is 16.5. The molecule has 1 N–H and O–H groups in total. The molecule has 2 rings (SSSR count). The predicted molar refractivity (Wildman–Crippen MR) is 64.8 cm³/mol. The Bertz CT molecular complexity index is 316. The lowest BCUT2D eigenvalue weighted by molar-refractivity contribution is 0.239. The minimum absolute atomic E-state index is 0.242. The van der Waals surface area contributed by atoms with Crippen LogP contribution in [0.2, 0.25) is 0 Å². The molecular formula is C14H20O2. The quantitative estimate of drug-likeness (QED) is 0.837. The van der Waals surface area contributed by atoms with Gasteiger partial charge in [0.15, 0.2) is 11.5 Å². The standard InChI is InChI=1S/C14H20O2/c15-13-8-4-5-9-14(13)16-11-10-12-6-2-1-3-7-12/h4-5,8-9,12,15H,1-3,6-7,10-11H2. The van der Waals surface area contributed by atoms with Crippen molar-refractivity contribution in [2.24, 2.45) is 5.92 Å². The second kappa shape index (κ2) is 5.78. The Hall–Kier alpha value is -1.18. The first kappa shape index (κ1) is 11.3. The highest BCUT2D eigenvalue weighted by Crippen LogP contribution is 2.28. The Kier molecular flexibility index (Phi) is 4.09. The SMILES string of the molecule is Oc1ccccc1OCCC1CCCCC1. The summed E-state index contributed by atoms with van der Waals surface area (Å²) in [7, 11) is 0. The van der Waals surface area contributed by atoms with Gasteiger partial charge in [-0.25, -0.2) is 0 Å². The third kappa shape index (κ3) is 3.16. The highest BCUT2D eigenvalue weighted by molar-refractivity contribution is 5.37. The minimum atomic E-state index is 0.242. The van der Waals surface area contributed by atoms with Crippen LogP contribution in [0.15, 0.2) is 24.3 Å². The fraction of sp³-hybridized carbons (Fsp3) is 0.571. The highest BCUT2D eigenvalue weighted by Gasteiger charge is 2.13. The smallest absolute Gasteiger partial charge is 0.160 e. The number of phenolic OH excluding ortho intramolecular Hbond substituents is 1. The Morgan fingerprint density at radius 1 is 1.12 bits per heavy atom. The normalized spacial score (nSPS) is 17.2. The van der Waals surface area contributed by atoms with Crippen LogP contribution < -0.4 is 4.74 Å². The Labute approximate surface area is 97.3 Å². The van der Waals surface area contributed by atoms with Gasteiger partial charge in [0.25, 0.3) is 0 Å². The van der Waals surface area contributed by atoms with Crippen molar-refractivity contribution >= 4 is 0 Å². The topological polar surface area (TPSA) is 29.5 Å². The second-order valence-corrected chi connectivity index (χ2v) is 4.61. The van der Waals surface area contributed by atoms with Crippen LogP contribution in [0.4, 0.5) is 0 Å². The molecule has 2 nitrogen and oxygen atoms in total. The van der Waals surface area contributed by atoms with Crippen molar-refractivity contribution in [1.29, 1.82) is 0 Å². The molecule has 0 atom stereocenters. The van der Waals surface area contributed by atoms with Gasteiger partial charge in [0.05, 0.1) is 6.61 Å². The van der Waals surface area contributed by atoms with Crippen molar-refractivity contribution in [2.45, 2.75) is 38.5 Å². The van der Waals surface area contributed by atoms with Crippen LogP contribution in [-0.4, -0.2) is 11.7 Å². The zero-order valence-electron chi connectivity index (χ0n) is 9.69. The molecule has 1 saturated carbocycles. The number of hydrogen-bond acceptors (Lipinski definition) is 2. The number of aromatic hydroxyl groups is 1. The molecule has 2 heteroatoms. The molecule has 1 aromatic carbocycles. The maximum absolute atomic E-state index is 9.52. The maximum Gasteiger partial charge on any atom is 0.160 e. The van der Waals surface area contributed by atoms with Gasteiger partial charge in [-0.15, -0.1) is 0 Å². The molecule has 88 valence electrons. The Balaban J connectivity index is 1.73. The third-order valence-corrected chi connectivity index (χ3v) is 3.37. The van der Waals surface area contributed by atoms with Gasteiger partial charge in [0.1, 0.15) is 0 Å². The maximum atomic E-state index is 9.52. The van der Waals surface area contributed by atoms with E-state index in [9.17, 15) is 5.11 Å². The summed E-state index contributed by atoms with van der Waals surface area (Å²) in [5.41, 5.74) is 0. The number of para-hydroxylation sites is 2. The van der Waals surface area contributed by atoms with Crippen molar-refractivity contribution in [2.75, 3.05) is 6.61 Å². The van der Waals surface area contributed by atoms with Crippen molar-refractivity contribution < 1.29 is 9.84 Å². The molecule has 1 aliphatic rings. The van der Waals surface area contributed by atoms with E-state index in [1.54, 1.807) is 6.07 Å². The molecule has 0 heterocycles. The largest absolute Gasteiger partial charge is 0.504 e. The summed E-state index contributed by atoms with van der Waals surface area (Å²) in [6.45, 7) is 0.724. The number of benzene rings is 1. The van der Waals surface area contributed by atoms with Crippen LogP contribution in [0.1, 0.15) is 38.5 Å². The van der Waals surface area contributed by atoms with Crippen molar-refractivity contribution in [1.82, 2.24) is 0 Å². The van der Waals surface area contributed by atoms with E-state index in [0.29, 0.717) is 5.75 Å². The van der Waals surface area contributed by atoms with Gasteiger partial charge in [-0.3, -0.25) is 0 Å². The molecule has 1 aromatic rings. The van der Waals surface area contributed by atoms with Gasteiger partial charge in [-0.1, -0.05) is 44.2 Å². The van der Waals surface area contributed by atoms with Gasteiger partial charge in [0, 0.05) is 0 Å². The fourth-order valence-corrected chi connectivity index (χ4v) is 2.39. The fourth-order valence-electron chi connectivity index (χ4n) is 2.39. The number of hydrogen-bond donors (Lipinski definition) is 1. The van der Waals surface area contributed by atoms with Crippen molar-refractivity contribution in [3.63, 3.8) is 0 Å². The Morgan fingerprint density at radius 2 is 1.88 bits per heavy atom. The van der Waals surface area contributed by atoms with Crippen molar-refractivity contribution in [3.05, 3.63) is 24.3 Å². The van der Waals surface area contributed by atoms with Crippen LogP contribution in [0.5, 0.6) is 11.5 Å². The van der Waals surface area contributed by atoms with E-state index in [1.807, 2.05) is 18.2 Å². The molecule has 16 heavy (non-hydrogen) atoms. The minimum Gasteiger partial charge on any atom is -0.504 e. The Morgan fingerprint density at radius 3 is 2.62 bits per heavy atom. The molecule has 1 fully saturated rings. The van der Waals surface area contributed by atoms with E-state index >= 15 is 0 Å². The molecule has 0 bridgehead atoms. The molecule has 0 aliphatic heterocycles. The first-order chi connectivity index (χ1) is 7.86. The van der Waals surface area contributed by atoms with Gasteiger partial charge < -0.3 is 9.84 Å². The number of rotatable bonds is 4. The molecule has 0 amide bonds. The summed E-state index contributed by atoms with van der Waals surface area (Å²) >= 11 is 0. The summed E-state index contributed by atoms with van der Waals surface area (Å²) in [4.78, 5) is 0. The van der Waals surface area contributed by atoms with Crippen LogP contribution in [0.3, 0.4) is 0 Å². The lowest BCUT2D eigenvalue weighted by Gasteiger charge is -2.21. The van der Waals surface area contributed by atoms with Gasteiger partial charge in [-0.2, -0.15) is 0 Å². The van der Waals surface area contributed by atoms with Gasteiger partial charge in [-0.05, 0) is 24.5 Å². The monoisotopic (exact) mass is 220 g/mol. The lowest BCUT2D eigenvalue weighted by Crippen LogP contribution is -2.10. The second-order valence-electron chi connectivity index (χ2n) is 4.61. The van der Waals surface area contributed by atoms with Crippen LogP contribution in [-0.2, 0) is 0 Å².